The summed E-state index contributed by atoms with van der Waals surface area (Å²) in [6, 6.07) is 9.63. The number of amides is 1. The average molecular weight is 470 g/mol. The standard InChI is InChI=1S/C24H26N2O8/c25-15-7-8-16-13(10-15)4-1-2-9-33-21-14(5-3-6-19(21)34-24(16)32)11-17(22(26)29)18(23(30)31)12-20(27)28/h3,5-8,10,17-18H,1-2,4,9,11-12,25H2,(H2,26,29)(H,27,28)(H,30,31)/t17?,18-/m0/s1. The quantitative estimate of drug-likeness (QED) is 0.267. The summed E-state index contributed by atoms with van der Waals surface area (Å²) in [6.45, 7) is 0.276. The number of carboxylic acid groups (broad SMARTS) is 2. The minimum atomic E-state index is -1.53. The number of hydrogen-bond acceptors (Lipinski definition) is 7. The first-order valence-corrected chi connectivity index (χ1v) is 10.8. The Kier molecular flexibility index (Phi) is 7.72. The third kappa shape index (κ3) is 5.83. The van der Waals surface area contributed by atoms with Crippen LogP contribution in [-0.2, 0) is 27.2 Å². The Morgan fingerprint density at radius 2 is 1.82 bits per heavy atom. The maximum atomic E-state index is 12.9. The highest BCUT2D eigenvalue weighted by molar-refractivity contribution is 5.93. The molecule has 1 aliphatic rings. The number of fused-ring (bicyclic) bond motifs is 2. The molecule has 2 aromatic rings. The monoisotopic (exact) mass is 470 g/mol. The molecule has 10 nitrogen and oxygen atoms in total. The van der Waals surface area contributed by atoms with E-state index in [0.717, 1.165) is 5.56 Å². The molecule has 0 radical (unpaired) electrons. The molecule has 0 aromatic heterocycles. The van der Waals surface area contributed by atoms with E-state index in [1.54, 1.807) is 30.3 Å². The van der Waals surface area contributed by atoms with Gasteiger partial charge in [0, 0.05) is 5.69 Å². The van der Waals surface area contributed by atoms with Crippen molar-refractivity contribution in [2.75, 3.05) is 12.3 Å². The molecular weight excluding hydrogens is 444 g/mol. The zero-order chi connectivity index (χ0) is 24.8. The summed E-state index contributed by atoms with van der Waals surface area (Å²) >= 11 is 0. The molecule has 1 heterocycles. The molecule has 3 rings (SSSR count). The van der Waals surface area contributed by atoms with Gasteiger partial charge in [0.15, 0.2) is 11.5 Å². The van der Waals surface area contributed by atoms with E-state index in [4.69, 9.17) is 26.0 Å². The van der Waals surface area contributed by atoms with Crippen LogP contribution in [0.1, 0.15) is 40.7 Å². The molecule has 0 saturated carbocycles. The maximum Gasteiger partial charge on any atom is 0.343 e. The van der Waals surface area contributed by atoms with Crippen LogP contribution < -0.4 is 20.9 Å². The average Bonchev–Trinajstić information content (AvgIpc) is 2.79. The number of carbonyl (C=O) groups excluding carboxylic acids is 2. The van der Waals surface area contributed by atoms with Gasteiger partial charge in [-0.2, -0.15) is 0 Å². The van der Waals surface area contributed by atoms with Crippen molar-refractivity contribution in [2.24, 2.45) is 17.6 Å². The SMILES string of the molecule is NC(=O)C(Cc1cccc2c1OCCCCc1cc(N)ccc1C(=O)O2)[C@H](CC(=O)O)C(=O)O. The molecule has 2 atom stereocenters. The summed E-state index contributed by atoms with van der Waals surface area (Å²) in [5.41, 5.74) is 13.4. The van der Waals surface area contributed by atoms with Gasteiger partial charge < -0.3 is 31.2 Å². The lowest BCUT2D eigenvalue weighted by Gasteiger charge is -2.22. The topological polar surface area (TPSA) is 179 Å². The Balaban J connectivity index is 1.99. The van der Waals surface area contributed by atoms with Gasteiger partial charge in [0.2, 0.25) is 5.91 Å². The molecule has 1 amide bonds. The van der Waals surface area contributed by atoms with Crippen LogP contribution in [0.15, 0.2) is 36.4 Å². The Bertz CT molecular complexity index is 1110. The van der Waals surface area contributed by atoms with Gasteiger partial charge in [-0.25, -0.2) is 4.79 Å². The molecular formula is C24H26N2O8. The lowest BCUT2D eigenvalue weighted by Crippen LogP contribution is -2.37. The number of hydrogen-bond donors (Lipinski definition) is 4. The van der Waals surface area contributed by atoms with Crippen molar-refractivity contribution < 1.29 is 38.9 Å². The minimum absolute atomic E-state index is 0.0977. The van der Waals surface area contributed by atoms with E-state index in [9.17, 15) is 24.3 Å². The summed E-state index contributed by atoms with van der Waals surface area (Å²) in [4.78, 5) is 47.9. The summed E-state index contributed by atoms with van der Waals surface area (Å²) in [7, 11) is 0. The number of nitrogens with two attached hydrogens (primary N) is 2. The molecule has 0 aliphatic carbocycles. The van der Waals surface area contributed by atoms with Crippen LogP contribution in [0.25, 0.3) is 0 Å². The number of anilines is 1. The van der Waals surface area contributed by atoms with E-state index in [2.05, 4.69) is 0 Å². The predicted octanol–water partition coefficient (Wildman–Crippen LogP) is 2.02. The number of benzene rings is 2. The number of aliphatic carboxylic acids is 2. The van der Waals surface area contributed by atoms with Crippen molar-refractivity contribution in [3.63, 3.8) is 0 Å². The first-order chi connectivity index (χ1) is 16.2. The second-order valence-corrected chi connectivity index (χ2v) is 8.11. The van der Waals surface area contributed by atoms with Gasteiger partial charge in [0.25, 0.3) is 0 Å². The summed E-state index contributed by atoms with van der Waals surface area (Å²) in [5, 5.41) is 18.6. The normalized spacial score (nSPS) is 15.4. The molecule has 0 saturated heterocycles. The van der Waals surface area contributed by atoms with Gasteiger partial charge in [-0.15, -0.1) is 0 Å². The fourth-order valence-corrected chi connectivity index (χ4v) is 4.00. The molecule has 180 valence electrons. The fourth-order valence-electron chi connectivity index (χ4n) is 4.00. The molecule has 1 unspecified atom stereocenters. The van der Waals surface area contributed by atoms with Crippen molar-refractivity contribution in [1.29, 1.82) is 0 Å². The number of aryl methyl sites for hydroxylation is 1. The van der Waals surface area contributed by atoms with Crippen LogP contribution in [-0.4, -0.2) is 40.6 Å². The Morgan fingerprint density at radius 3 is 2.50 bits per heavy atom. The number of primary amides is 1. The Morgan fingerprint density at radius 1 is 1.06 bits per heavy atom. The lowest BCUT2D eigenvalue weighted by molar-refractivity contribution is -0.152. The molecule has 34 heavy (non-hydrogen) atoms. The highest BCUT2D eigenvalue weighted by Crippen LogP contribution is 2.36. The number of carbonyl (C=O) groups is 4. The second-order valence-electron chi connectivity index (χ2n) is 8.11. The van der Waals surface area contributed by atoms with E-state index in [1.165, 1.54) is 6.07 Å². The van der Waals surface area contributed by atoms with E-state index >= 15 is 0 Å². The summed E-state index contributed by atoms with van der Waals surface area (Å²) in [5.74, 6) is -6.95. The number of esters is 1. The smallest absolute Gasteiger partial charge is 0.343 e. The van der Waals surface area contributed by atoms with E-state index in [1.807, 2.05) is 0 Å². The number of rotatable bonds is 7. The van der Waals surface area contributed by atoms with Gasteiger partial charge in [-0.05, 0) is 61.1 Å². The van der Waals surface area contributed by atoms with E-state index < -0.39 is 42.1 Å². The number of ether oxygens (including phenoxy) is 2. The van der Waals surface area contributed by atoms with Crippen LogP contribution >= 0.6 is 0 Å². The fraction of sp³-hybridized carbons (Fsp3) is 0.333. The first kappa shape index (κ1) is 24.6. The molecule has 6 N–H and O–H groups in total. The lowest BCUT2D eigenvalue weighted by atomic mass is 9.83. The minimum Gasteiger partial charge on any atom is -0.489 e. The van der Waals surface area contributed by atoms with Crippen LogP contribution in [0.5, 0.6) is 11.5 Å². The molecule has 1 aliphatic heterocycles. The predicted molar refractivity (Wildman–Crippen MR) is 120 cm³/mol. The maximum absolute atomic E-state index is 12.9. The van der Waals surface area contributed by atoms with Crippen LogP contribution in [0, 0.1) is 11.8 Å². The Labute approximate surface area is 195 Å². The van der Waals surface area contributed by atoms with Crippen molar-refractivity contribution in [2.45, 2.75) is 32.1 Å². The Hall–Kier alpha value is -4.08. The second kappa shape index (κ2) is 10.7. The van der Waals surface area contributed by atoms with Crippen molar-refractivity contribution in [1.82, 2.24) is 0 Å². The van der Waals surface area contributed by atoms with Crippen molar-refractivity contribution in [3.05, 3.63) is 53.1 Å². The largest absolute Gasteiger partial charge is 0.489 e. The molecule has 2 aromatic carbocycles. The van der Waals surface area contributed by atoms with E-state index in [0.29, 0.717) is 36.1 Å². The van der Waals surface area contributed by atoms with Crippen LogP contribution in [0.3, 0.4) is 0 Å². The molecule has 0 bridgehead atoms. The van der Waals surface area contributed by atoms with Gasteiger partial charge in [-0.1, -0.05) is 12.1 Å². The van der Waals surface area contributed by atoms with E-state index in [-0.39, 0.29) is 24.5 Å². The first-order valence-electron chi connectivity index (χ1n) is 10.8. The summed E-state index contributed by atoms with van der Waals surface area (Å²) in [6.07, 6.45) is 0.986. The highest BCUT2D eigenvalue weighted by atomic mass is 16.6. The van der Waals surface area contributed by atoms with Gasteiger partial charge in [0.05, 0.1) is 30.4 Å². The highest BCUT2D eigenvalue weighted by Gasteiger charge is 2.35. The van der Waals surface area contributed by atoms with Crippen LogP contribution in [0.2, 0.25) is 0 Å². The van der Waals surface area contributed by atoms with Gasteiger partial charge in [0.1, 0.15) is 0 Å². The zero-order valence-electron chi connectivity index (χ0n) is 18.4. The third-order valence-corrected chi connectivity index (χ3v) is 5.70. The third-order valence-electron chi connectivity index (χ3n) is 5.70. The zero-order valence-corrected chi connectivity index (χ0v) is 18.4. The number of carboxylic acids is 2. The number of para-hydroxylation sites is 1. The molecule has 0 spiro atoms. The van der Waals surface area contributed by atoms with Gasteiger partial charge >= 0.3 is 17.9 Å². The van der Waals surface area contributed by atoms with Gasteiger partial charge in [-0.3, -0.25) is 14.4 Å². The molecule has 0 fully saturated rings. The van der Waals surface area contributed by atoms with Crippen LogP contribution in [0.4, 0.5) is 5.69 Å². The number of nitrogen functional groups attached to an aromatic ring is 1. The summed E-state index contributed by atoms with van der Waals surface area (Å²) < 4.78 is 11.5. The van der Waals surface area contributed by atoms with Crippen molar-refractivity contribution >= 4 is 29.5 Å². The van der Waals surface area contributed by atoms with Crippen molar-refractivity contribution in [3.8, 4) is 11.5 Å². The molecule has 10 heteroatoms.